The Labute approximate surface area is 174 Å². The van der Waals surface area contributed by atoms with Crippen molar-refractivity contribution in [1.29, 1.82) is 0 Å². The van der Waals surface area contributed by atoms with Gasteiger partial charge in [-0.3, -0.25) is 9.59 Å². The van der Waals surface area contributed by atoms with Crippen molar-refractivity contribution in [3.8, 4) is 0 Å². The van der Waals surface area contributed by atoms with Gasteiger partial charge in [0, 0.05) is 30.7 Å². The number of halogens is 2. The normalized spacial score (nSPS) is 16.1. The van der Waals surface area contributed by atoms with E-state index in [0.717, 1.165) is 23.5 Å². The number of aromatic nitrogens is 2. The zero-order chi connectivity index (χ0) is 17.8. The molecule has 3 heterocycles. The van der Waals surface area contributed by atoms with E-state index < -0.39 is 0 Å². The molecule has 0 aliphatic carbocycles. The monoisotopic (exact) mass is 431 g/mol. The van der Waals surface area contributed by atoms with E-state index in [-0.39, 0.29) is 42.5 Å². The smallest absolute Gasteiger partial charge is 0.273 e. The van der Waals surface area contributed by atoms with Crippen LogP contribution in [0.3, 0.4) is 0 Å². The number of piperidine rings is 1. The Kier molecular flexibility index (Phi) is 9.11. The lowest BCUT2D eigenvalue weighted by Crippen LogP contribution is -2.44. The molecule has 1 fully saturated rings. The number of carbonyl (C=O) groups is 2. The fraction of sp³-hybridized carbons (Fsp3) is 0.412. The average molecular weight is 432 g/mol. The SMILES string of the molecule is Cc1cccc(NC(=O)C2CCCN(C(=O)c3csc(CN)n3)C2)n1.Cl.Cl. The molecule has 1 atom stereocenters. The standard InChI is InChI=1S/C17H21N5O2S.2ClH/c1-11-4-2-6-14(19-11)21-16(23)12-5-3-7-22(9-12)17(24)13-10-25-15(8-18)20-13;;/h2,4,6,10,12H,3,5,7-9,18H2,1H3,(H,19,21,23);2*1H. The van der Waals surface area contributed by atoms with Gasteiger partial charge in [0.1, 0.15) is 16.5 Å². The van der Waals surface area contributed by atoms with Crippen LogP contribution in [0.2, 0.25) is 0 Å². The minimum atomic E-state index is -0.243. The molecule has 0 radical (unpaired) electrons. The summed E-state index contributed by atoms with van der Waals surface area (Å²) in [4.78, 5) is 35.3. The number of rotatable bonds is 4. The molecule has 0 spiro atoms. The average Bonchev–Trinajstić information content (AvgIpc) is 3.10. The molecule has 10 heteroatoms. The number of nitrogens with two attached hydrogens (primary N) is 1. The first kappa shape index (κ1) is 23.3. The Morgan fingerprint density at radius 2 is 2.11 bits per heavy atom. The molecule has 1 unspecified atom stereocenters. The fourth-order valence-corrected chi connectivity index (χ4v) is 3.53. The number of amides is 2. The van der Waals surface area contributed by atoms with Crippen molar-refractivity contribution in [3.63, 3.8) is 0 Å². The van der Waals surface area contributed by atoms with Crippen LogP contribution in [0.15, 0.2) is 23.6 Å². The van der Waals surface area contributed by atoms with E-state index in [9.17, 15) is 9.59 Å². The van der Waals surface area contributed by atoms with Crippen LogP contribution in [0.1, 0.15) is 34.0 Å². The highest BCUT2D eigenvalue weighted by molar-refractivity contribution is 7.09. The van der Waals surface area contributed by atoms with E-state index in [1.807, 2.05) is 19.1 Å². The summed E-state index contributed by atoms with van der Waals surface area (Å²) in [6, 6.07) is 5.49. The van der Waals surface area contributed by atoms with E-state index in [1.54, 1.807) is 16.3 Å². The molecule has 3 N–H and O–H groups in total. The van der Waals surface area contributed by atoms with Gasteiger partial charge in [-0.15, -0.1) is 36.2 Å². The van der Waals surface area contributed by atoms with Gasteiger partial charge in [-0.2, -0.15) is 0 Å². The lowest BCUT2D eigenvalue weighted by molar-refractivity contribution is -0.121. The van der Waals surface area contributed by atoms with Crippen LogP contribution in [0, 0.1) is 12.8 Å². The number of hydrogen-bond acceptors (Lipinski definition) is 6. The van der Waals surface area contributed by atoms with Crippen LogP contribution in [-0.2, 0) is 11.3 Å². The third-order valence-electron chi connectivity index (χ3n) is 4.16. The predicted molar refractivity (Wildman–Crippen MR) is 111 cm³/mol. The Morgan fingerprint density at radius 1 is 1.33 bits per heavy atom. The molecule has 1 saturated heterocycles. The number of pyridine rings is 1. The zero-order valence-electron chi connectivity index (χ0n) is 14.9. The van der Waals surface area contributed by atoms with Crippen molar-refractivity contribution >= 4 is 53.8 Å². The highest BCUT2D eigenvalue weighted by Gasteiger charge is 2.30. The van der Waals surface area contributed by atoms with Crippen LogP contribution < -0.4 is 11.1 Å². The quantitative estimate of drug-likeness (QED) is 0.774. The molecule has 1 aliphatic rings. The molecule has 2 aromatic heterocycles. The van der Waals surface area contributed by atoms with Gasteiger partial charge in [-0.05, 0) is 31.9 Å². The number of hydrogen-bond donors (Lipinski definition) is 2. The number of likely N-dealkylation sites (tertiary alicyclic amines) is 1. The molecule has 3 rings (SSSR count). The molecule has 148 valence electrons. The van der Waals surface area contributed by atoms with Crippen LogP contribution in [0.25, 0.3) is 0 Å². The van der Waals surface area contributed by atoms with Crippen LogP contribution in [0.5, 0.6) is 0 Å². The van der Waals surface area contributed by atoms with Crippen molar-refractivity contribution < 1.29 is 9.59 Å². The summed E-state index contributed by atoms with van der Waals surface area (Å²) in [6.07, 6.45) is 1.55. The highest BCUT2D eigenvalue weighted by Crippen LogP contribution is 2.21. The maximum Gasteiger partial charge on any atom is 0.273 e. The number of anilines is 1. The summed E-state index contributed by atoms with van der Waals surface area (Å²) >= 11 is 1.38. The third-order valence-corrected chi connectivity index (χ3v) is 5.04. The lowest BCUT2D eigenvalue weighted by Gasteiger charge is -2.31. The van der Waals surface area contributed by atoms with Crippen LogP contribution >= 0.6 is 36.2 Å². The number of aryl methyl sites for hydroxylation is 1. The predicted octanol–water partition coefficient (Wildman–Crippen LogP) is 2.64. The van der Waals surface area contributed by atoms with Crippen molar-refractivity contribution in [1.82, 2.24) is 14.9 Å². The van der Waals surface area contributed by atoms with E-state index in [2.05, 4.69) is 15.3 Å². The summed E-state index contributed by atoms with van der Waals surface area (Å²) in [7, 11) is 0. The van der Waals surface area contributed by atoms with Gasteiger partial charge < -0.3 is 16.0 Å². The summed E-state index contributed by atoms with van der Waals surface area (Å²) < 4.78 is 0. The van der Waals surface area contributed by atoms with E-state index in [1.165, 1.54) is 11.3 Å². The molecule has 0 aromatic carbocycles. The molecular formula is C17H23Cl2N5O2S. The van der Waals surface area contributed by atoms with Crippen molar-refractivity contribution in [2.75, 3.05) is 18.4 Å². The summed E-state index contributed by atoms with van der Waals surface area (Å²) in [5.74, 6) is 0.0619. The summed E-state index contributed by atoms with van der Waals surface area (Å²) in [6.45, 7) is 3.24. The number of carbonyl (C=O) groups excluding carboxylic acids is 2. The molecule has 0 bridgehead atoms. The molecule has 0 saturated carbocycles. The number of nitrogens with zero attached hydrogens (tertiary/aromatic N) is 3. The van der Waals surface area contributed by atoms with E-state index in [4.69, 9.17) is 5.73 Å². The van der Waals surface area contributed by atoms with Gasteiger partial charge in [0.25, 0.3) is 5.91 Å². The van der Waals surface area contributed by atoms with Crippen molar-refractivity contribution in [3.05, 3.63) is 40.0 Å². The first-order chi connectivity index (χ1) is 12.1. The van der Waals surface area contributed by atoms with Gasteiger partial charge in [-0.25, -0.2) is 9.97 Å². The number of thiazole rings is 1. The minimum absolute atomic E-state index is 0. The van der Waals surface area contributed by atoms with Gasteiger partial charge in [0.15, 0.2) is 0 Å². The Balaban J connectivity index is 0.00000182. The van der Waals surface area contributed by atoms with Gasteiger partial charge in [0.05, 0.1) is 5.92 Å². The Hall–Kier alpha value is -1.74. The van der Waals surface area contributed by atoms with Gasteiger partial charge in [-0.1, -0.05) is 6.07 Å². The molecule has 1 aliphatic heterocycles. The Morgan fingerprint density at radius 3 is 2.78 bits per heavy atom. The maximum atomic E-state index is 12.6. The molecule has 7 nitrogen and oxygen atoms in total. The zero-order valence-corrected chi connectivity index (χ0v) is 17.3. The molecule has 27 heavy (non-hydrogen) atoms. The topological polar surface area (TPSA) is 101 Å². The van der Waals surface area contributed by atoms with E-state index in [0.29, 0.717) is 31.1 Å². The summed E-state index contributed by atoms with van der Waals surface area (Å²) in [5.41, 5.74) is 6.81. The van der Waals surface area contributed by atoms with Gasteiger partial charge in [0.2, 0.25) is 5.91 Å². The maximum absolute atomic E-state index is 12.6. The molecular weight excluding hydrogens is 409 g/mol. The van der Waals surface area contributed by atoms with Crippen LogP contribution in [-0.4, -0.2) is 39.8 Å². The second-order valence-electron chi connectivity index (χ2n) is 6.07. The molecule has 2 aromatic rings. The van der Waals surface area contributed by atoms with Crippen LogP contribution in [0.4, 0.5) is 5.82 Å². The molecule has 2 amide bonds. The second-order valence-corrected chi connectivity index (χ2v) is 7.02. The minimum Gasteiger partial charge on any atom is -0.336 e. The first-order valence-electron chi connectivity index (χ1n) is 8.25. The second kappa shape index (κ2) is 10.6. The third kappa shape index (κ3) is 5.87. The highest BCUT2D eigenvalue weighted by atomic mass is 35.5. The van der Waals surface area contributed by atoms with Crippen molar-refractivity contribution in [2.45, 2.75) is 26.3 Å². The Bertz CT molecular complexity index is 786. The summed E-state index contributed by atoms with van der Waals surface area (Å²) in [5, 5.41) is 5.31. The largest absolute Gasteiger partial charge is 0.336 e. The number of nitrogens with one attached hydrogen (secondary N) is 1. The first-order valence-corrected chi connectivity index (χ1v) is 9.13. The van der Waals surface area contributed by atoms with Gasteiger partial charge >= 0.3 is 0 Å². The van der Waals surface area contributed by atoms with Crippen molar-refractivity contribution in [2.24, 2.45) is 11.7 Å². The lowest BCUT2D eigenvalue weighted by atomic mass is 9.97. The fourth-order valence-electron chi connectivity index (χ4n) is 2.88. The van der Waals surface area contributed by atoms with E-state index >= 15 is 0 Å².